The zero-order chi connectivity index (χ0) is 25.4. The third-order valence-corrected chi connectivity index (χ3v) is 4.73. The van der Waals surface area contributed by atoms with Crippen LogP contribution in [0.25, 0.3) is 0 Å². The molecule has 0 aliphatic carbocycles. The molecule has 35 heavy (non-hydrogen) atoms. The first-order chi connectivity index (χ1) is 16.6. The van der Waals surface area contributed by atoms with E-state index >= 15 is 0 Å². The number of aliphatic hydroxyl groups is 1. The van der Waals surface area contributed by atoms with Crippen LogP contribution in [-0.2, 0) is 4.74 Å². The lowest BCUT2D eigenvalue weighted by molar-refractivity contribution is 0.0523. The number of amides is 1. The minimum atomic E-state index is -0.931. The number of aromatic hydroxyl groups is 1. The van der Waals surface area contributed by atoms with Crippen LogP contribution in [0.5, 0.6) is 5.75 Å². The van der Waals surface area contributed by atoms with Gasteiger partial charge in [0.05, 0.1) is 0 Å². The van der Waals surface area contributed by atoms with Gasteiger partial charge in [0, 0.05) is 36.7 Å². The molecule has 3 aromatic rings. The van der Waals surface area contributed by atoms with Crippen molar-refractivity contribution in [3.8, 4) is 5.75 Å². The number of carbonyl (C=O) groups is 1. The standard InChI is InChI=1S/C25H32N6O4/c1-16-8-9-19(32)15-20(16)30-21-10-11-27-23(31-21)29-18-7-5-6-17(14-18)22(33)26-12-13-28-24(34)35-25(2,3)4/h5-11,14-15,22,26,32-33H,12-13H2,1-4H3,(H,28,34)(H2,27,29,30,31). The molecule has 1 atom stereocenters. The van der Waals surface area contributed by atoms with Crippen molar-refractivity contribution >= 4 is 29.2 Å². The van der Waals surface area contributed by atoms with Gasteiger partial charge in [0.25, 0.3) is 0 Å². The van der Waals surface area contributed by atoms with Gasteiger partial charge in [-0.05, 0) is 63.1 Å². The summed E-state index contributed by atoms with van der Waals surface area (Å²) in [5.74, 6) is 1.09. The number of anilines is 4. The zero-order valence-corrected chi connectivity index (χ0v) is 20.3. The third-order valence-electron chi connectivity index (χ3n) is 4.73. The van der Waals surface area contributed by atoms with E-state index in [1.54, 1.807) is 63.4 Å². The van der Waals surface area contributed by atoms with Crippen molar-refractivity contribution < 1.29 is 19.7 Å². The molecule has 6 N–H and O–H groups in total. The third kappa shape index (κ3) is 8.43. The summed E-state index contributed by atoms with van der Waals surface area (Å²) in [7, 11) is 0. The predicted molar refractivity (Wildman–Crippen MR) is 135 cm³/mol. The van der Waals surface area contributed by atoms with Crippen LogP contribution in [0.1, 0.15) is 38.1 Å². The number of carbonyl (C=O) groups excluding carboxylic acids is 1. The SMILES string of the molecule is Cc1ccc(O)cc1Nc1ccnc(Nc2cccc(C(O)NCCNC(=O)OC(C)(C)C)c2)n1. The summed E-state index contributed by atoms with van der Waals surface area (Å²) < 4.78 is 5.18. The molecule has 10 heteroatoms. The number of nitrogens with zero attached hydrogens (tertiary/aromatic N) is 2. The first-order valence-corrected chi connectivity index (χ1v) is 11.2. The molecule has 0 aliphatic rings. The van der Waals surface area contributed by atoms with Crippen molar-refractivity contribution in [2.45, 2.75) is 39.5 Å². The number of aryl methyl sites for hydroxylation is 1. The predicted octanol–water partition coefficient (Wildman–Crippen LogP) is 4.08. The highest BCUT2D eigenvalue weighted by molar-refractivity contribution is 5.67. The summed E-state index contributed by atoms with van der Waals surface area (Å²) in [6.07, 6.45) is 0.184. The number of phenolic OH excluding ortho intramolecular Hbond substituents is 1. The van der Waals surface area contributed by atoms with Gasteiger partial charge >= 0.3 is 6.09 Å². The van der Waals surface area contributed by atoms with E-state index in [0.717, 1.165) is 11.3 Å². The van der Waals surface area contributed by atoms with Crippen molar-refractivity contribution in [3.63, 3.8) is 0 Å². The van der Waals surface area contributed by atoms with Crippen molar-refractivity contribution in [1.82, 2.24) is 20.6 Å². The molecule has 1 unspecified atom stereocenters. The zero-order valence-electron chi connectivity index (χ0n) is 20.3. The van der Waals surface area contributed by atoms with Crippen LogP contribution in [0.15, 0.2) is 54.7 Å². The van der Waals surface area contributed by atoms with Gasteiger partial charge in [-0.15, -0.1) is 0 Å². The number of rotatable bonds is 9. The Morgan fingerprint density at radius 1 is 1.09 bits per heavy atom. The summed E-state index contributed by atoms with van der Waals surface area (Å²) in [5, 5.41) is 32.1. The Kier molecular flexibility index (Phi) is 8.45. The van der Waals surface area contributed by atoms with Gasteiger partial charge in [0.15, 0.2) is 0 Å². The summed E-state index contributed by atoms with van der Waals surface area (Å²) in [6, 6.07) is 14.0. The number of hydrogen-bond acceptors (Lipinski definition) is 9. The molecular formula is C25H32N6O4. The van der Waals surface area contributed by atoms with Crippen LogP contribution in [0, 0.1) is 6.92 Å². The summed E-state index contributed by atoms with van der Waals surface area (Å²) >= 11 is 0. The van der Waals surface area contributed by atoms with E-state index in [-0.39, 0.29) is 5.75 Å². The summed E-state index contributed by atoms with van der Waals surface area (Å²) in [6.45, 7) is 7.97. The topological polar surface area (TPSA) is 141 Å². The second-order valence-corrected chi connectivity index (χ2v) is 8.93. The molecule has 0 spiro atoms. The van der Waals surface area contributed by atoms with Crippen molar-refractivity contribution in [3.05, 3.63) is 65.9 Å². The molecular weight excluding hydrogens is 448 g/mol. The van der Waals surface area contributed by atoms with Crippen LogP contribution in [0.4, 0.5) is 27.9 Å². The molecule has 0 bridgehead atoms. The van der Waals surface area contributed by atoms with E-state index in [9.17, 15) is 15.0 Å². The number of aliphatic hydroxyl groups excluding tert-OH is 1. The Labute approximate surface area is 204 Å². The van der Waals surface area contributed by atoms with Gasteiger partial charge in [-0.25, -0.2) is 9.78 Å². The molecule has 10 nitrogen and oxygen atoms in total. The fourth-order valence-corrected chi connectivity index (χ4v) is 3.09. The molecule has 1 amide bonds. The number of ether oxygens (including phenoxy) is 1. The maximum atomic E-state index is 11.7. The minimum Gasteiger partial charge on any atom is -0.508 e. The van der Waals surface area contributed by atoms with E-state index in [4.69, 9.17) is 4.74 Å². The van der Waals surface area contributed by atoms with Gasteiger partial charge in [-0.1, -0.05) is 18.2 Å². The number of nitrogens with one attached hydrogen (secondary N) is 4. The first-order valence-electron chi connectivity index (χ1n) is 11.2. The normalized spacial score (nSPS) is 12.0. The Morgan fingerprint density at radius 2 is 1.89 bits per heavy atom. The molecule has 1 aromatic heterocycles. The largest absolute Gasteiger partial charge is 0.508 e. The van der Waals surface area contributed by atoms with Crippen LogP contribution >= 0.6 is 0 Å². The molecule has 186 valence electrons. The second-order valence-electron chi connectivity index (χ2n) is 8.93. The van der Waals surface area contributed by atoms with Gasteiger partial charge in [0.1, 0.15) is 23.4 Å². The van der Waals surface area contributed by atoms with E-state index in [2.05, 4.69) is 31.2 Å². The number of alkyl carbamates (subject to hydrolysis) is 1. The molecule has 0 aliphatic heterocycles. The Morgan fingerprint density at radius 3 is 2.66 bits per heavy atom. The molecule has 0 saturated heterocycles. The minimum absolute atomic E-state index is 0.162. The maximum Gasteiger partial charge on any atom is 0.407 e. The number of aromatic nitrogens is 2. The van der Waals surface area contributed by atoms with Gasteiger partial charge in [0.2, 0.25) is 5.95 Å². The molecule has 0 radical (unpaired) electrons. The van der Waals surface area contributed by atoms with Crippen LogP contribution in [0.3, 0.4) is 0 Å². The van der Waals surface area contributed by atoms with Gasteiger partial charge in [-0.2, -0.15) is 4.98 Å². The second kappa shape index (κ2) is 11.5. The van der Waals surface area contributed by atoms with E-state index in [0.29, 0.717) is 36.1 Å². The van der Waals surface area contributed by atoms with Crippen molar-refractivity contribution in [2.24, 2.45) is 0 Å². The Balaban J connectivity index is 1.56. The fraction of sp³-hybridized carbons (Fsp3) is 0.320. The lowest BCUT2D eigenvalue weighted by Crippen LogP contribution is -2.37. The summed E-state index contributed by atoms with van der Waals surface area (Å²) in [4.78, 5) is 20.4. The Bertz CT molecular complexity index is 1150. The molecule has 0 fully saturated rings. The molecule has 0 saturated carbocycles. The van der Waals surface area contributed by atoms with E-state index < -0.39 is 17.9 Å². The molecule has 1 heterocycles. The van der Waals surface area contributed by atoms with Crippen LogP contribution in [-0.4, -0.2) is 45.0 Å². The lowest BCUT2D eigenvalue weighted by atomic mass is 10.1. The highest BCUT2D eigenvalue weighted by Gasteiger charge is 2.15. The number of phenols is 1. The highest BCUT2D eigenvalue weighted by atomic mass is 16.6. The van der Waals surface area contributed by atoms with E-state index in [1.807, 2.05) is 19.1 Å². The lowest BCUT2D eigenvalue weighted by Gasteiger charge is -2.20. The average Bonchev–Trinajstić information content (AvgIpc) is 2.78. The smallest absolute Gasteiger partial charge is 0.407 e. The summed E-state index contributed by atoms with van der Waals surface area (Å²) in [5.41, 5.74) is 2.48. The average molecular weight is 481 g/mol. The van der Waals surface area contributed by atoms with Crippen LogP contribution < -0.4 is 21.3 Å². The maximum absolute atomic E-state index is 11.7. The number of hydrogen-bond donors (Lipinski definition) is 6. The number of benzene rings is 2. The monoisotopic (exact) mass is 480 g/mol. The highest BCUT2D eigenvalue weighted by Crippen LogP contribution is 2.25. The van der Waals surface area contributed by atoms with Gasteiger partial charge < -0.3 is 30.9 Å². The van der Waals surface area contributed by atoms with Gasteiger partial charge in [-0.3, -0.25) is 5.32 Å². The quantitative estimate of drug-likeness (QED) is 0.197. The van der Waals surface area contributed by atoms with Crippen molar-refractivity contribution in [2.75, 3.05) is 23.7 Å². The molecule has 2 aromatic carbocycles. The van der Waals surface area contributed by atoms with Crippen molar-refractivity contribution in [1.29, 1.82) is 0 Å². The van der Waals surface area contributed by atoms with E-state index in [1.165, 1.54) is 0 Å². The van der Waals surface area contributed by atoms with Crippen LogP contribution in [0.2, 0.25) is 0 Å². The fourth-order valence-electron chi connectivity index (χ4n) is 3.09. The molecule has 3 rings (SSSR count). The Hall–Kier alpha value is -3.89. The first kappa shape index (κ1) is 25.7.